The second-order valence-electron chi connectivity index (χ2n) is 4.77. The van der Waals surface area contributed by atoms with Crippen molar-refractivity contribution in [1.29, 1.82) is 0 Å². The Labute approximate surface area is 122 Å². The van der Waals surface area contributed by atoms with Gasteiger partial charge in [0.05, 0.1) is 15.9 Å². The van der Waals surface area contributed by atoms with Gasteiger partial charge in [-0.2, -0.15) is 0 Å². The van der Waals surface area contributed by atoms with Gasteiger partial charge >= 0.3 is 0 Å². The normalized spacial score (nSPS) is 11.4. The number of hydrogen-bond donors (Lipinski definition) is 0. The van der Waals surface area contributed by atoms with Gasteiger partial charge in [0.15, 0.2) is 0 Å². The number of nitrogens with zero attached hydrogens (tertiary/aromatic N) is 2. The zero-order chi connectivity index (χ0) is 13.8. The van der Waals surface area contributed by atoms with E-state index >= 15 is 0 Å². The zero-order valence-electron chi connectivity index (χ0n) is 11.4. The van der Waals surface area contributed by atoms with Gasteiger partial charge in [0.2, 0.25) is 0 Å². The van der Waals surface area contributed by atoms with E-state index in [1.165, 1.54) is 0 Å². The third kappa shape index (κ3) is 3.51. The maximum atomic E-state index is 4.60. The van der Waals surface area contributed by atoms with Crippen LogP contribution in [0.3, 0.4) is 0 Å². The minimum absolute atomic E-state index is 0.329. The van der Waals surface area contributed by atoms with E-state index in [-0.39, 0.29) is 0 Å². The molecular weight excluding hydrogens is 300 g/mol. The molecule has 1 aromatic heterocycles. The second kappa shape index (κ2) is 6.11. The molecule has 0 amide bonds. The van der Waals surface area contributed by atoms with Crippen LogP contribution in [0.25, 0.3) is 12.2 Å². The SMILES string of the molecule is Cc1nc(C(C)C)nc(/C=C/c2ccccc2)c1Br. The number of rotatable bonds is 3. The molecule has 2 rings (SSSR count). The van der Waals surface area contributed by atoms with Crippen molar-refractivity contribution in [3.63, 3.8) is 0 Å². The smallest absolute Gasteiger partial charge is 0.131 e. The quantitative estimate of drug-likeness (QED) is 0.809. The maximum absolute atomic E-state index is 4.60. The lowest BCUT2D eigenvalue weighted by Gasteiger charge is -2.08. The first-order valence-corrected chi connectivity index (χ1v) is 7.14. The summed E-state index contributed by atoms with van der Waals surface area (Å²) in [5.41, 5.74) is 3.07. The van der Waals surface area contributed by atoms with Crippen LogP contribution in [0.5, 0.6) is 0 Å². The Bertz CT molecular complexity index is 589. The van der Waals surface area contributed by atoms with Crippen LogP contribution < -0.4 is 0 Å². The van der Waals surface area contributed by atoms with Crippen LogP contribution in [0.2, 0.25) is 0 Å². The fourth-order valence-electron chi connectivity index (χ4n) is 1.71. The van der Waals surface area contributed by atoms with Gasteiger partial charge in [0, 0.05) is 5.92 Å². The van der Waals surface area contributed by atoms with Crippen LogP contribution >= 0.6 is 15.9 Å². The summed E-state index contributed by atoms with van der Waals surface area (Å²) < 4.78 is 0.962. The molecule has 0 saturated carbocycles. The lowest BCUT2D eigenvalue weighted by molar-refractivity contribution is 0.761. The summed E-state index contributed by atoms with van der Waals surface area (Å²) in [6.45, 7) is 6.21. The molecule has 0 unspecified atom stereocenters. The van der Waals surface area contributed by atoms with Gasteiger partial charge in [-0.05, 0) is 34.5 Å². The molecule has 1 aromatic carbocycles. The van der Waals surface area contributed by atoms with Crippen molar-refractivity contribution < 1.29 is 0 Å². The first-order chi connectivity index (χ1) is 9.08. The Morgan fingerprint density at radius 3 is 2.37 bits per heavy atom. The standard InChI is InChI=1S/C16H17BrN2/c1-11(2)16-18-12(3)15(17)14(19-16)10-9-13-7-5-4-6-8-13/h4-11H,1-3H3/b10-9+. The second-order valence-corrected chi connectivity index (χ2v) is 5.56. The van der Waals surface area contributed by atoms with E-state index in [4.69, 9.17) is 0 Å². The molecule has 98 valence electrons. The molecule has 3 heteroatoms. The predicted octanol–water partition coefficient (Wildman–Crippen LogP) is 4.84. The number of halogens is 1. The number of hydrogen-bond acceptors (Lipinski definition) is 2. The molecule has 0 atom stereocenters. The van der Waals surface area contributed by atoms with Crippen LogP contribution in [0.4, 0.5) is 0 Å². The Balaban J connectivity index is 2.37. The Hall–Kier alpha value is -1.48. The van der Waals surface area contributed by atoms with Crippen LogP contribution in [0.15, 0.2) is 34.8 Å². The first-order valence-electron chi connectivity index (χ1n) is 6.35. The topological polar surface area (TPSA) is 25.8 Å². The van der Waals surface area contributed by atoms with Crippen LogP contribution in [0, 0.1) is 6.92 Å². The zero-order valence-corrected chi connectivity index (χ0v) is 13.0. The van der Waals surface area contributed by atoms with E-state index in [9.17, 15) is 0 Å². The molecule has 0 N–H and O–H groups in total. The molecule has 2 nitrogen and oxygen atoms in total. The van der Waals surface area contributed by atoms with Gasteiger partial charge in [-0.1, -0.05) is 50.3 Å². The highest BCUT2D eigenvalue weighted by atomic mass is 79.9. The van der Waals surface area contributed by atoms with E-state index in [0.29, 0.717) is 5.92 Å². The highest BCUT2D eigenvalue weighted by Gasteiger charge is 2.09. The Morgan fingerprint density at radius 1 is 1.05 bits per heavy atom. The van der Waals surface area contributed by atoms with Crippen LogP contribution in [-0.4, -0.2) is 9.97 Å². The van der Waals surface area contributed by atoms with Crippen molar-refractivity contribution in [2.75, 3.05) is 0 Å². The summed E-state index contributed by atoms with van der Waals surface area (Å²) in [4.78, 5) is 9.10. The molecule has 2 aromatic rings. The third-order valence-electron chi connectivity index (χ3n) is 2.81. The molecule has 0 aliphatic heterocycles. The van der Waals surface area contributed by atoms with Gasteiger partial charge in [0.25, 0.3) is 0 Å². The largest absolute Gasteiger partial charge is 0.237 e. The van der Waals surface area contributed by atoms with Crippen molar-refractivity contribution >= 4 is 28.1 Å². The minimum atomic E-state index is 0.329. The monoisotopic (exact) mass is 316 g/mol. The van der Waals surface area contributed by atoms with E-state index in [2.05, 4.69) is 58.0 Å². The summed E-state index contributed by atoms with van der Waals surface area (Å²) >= 11 is 3.56. The number of benzene rings is 1. The van der Waals surface area contributed by atoms with E-state index in [1.807, 2.05) is 31.2 Å². The van der Waals surface area contributed by atoms with Crippen molar-refractivity contribution in [2.24, 2.45) is 0 Å². The van der Waals surface area contributed by atoms with Crippen molar-refractivity contribution in [2.45, 2.75) is 26.7 Å². The summed E-state index contributed by atoms with van der Waals surface area (Å²) in [5, 5.41) is 0. The fourth-order valence-corrected chi connectivity index (χ4v) is 2.02. The fraction of sp³-hybridized carbons (Fsp3) is 0.250. The average Bonchev–Trinajstić information content (AvgIpc) is 2.41. The van der Waals surface area contributed by atoms with Gasteiger partial charge in [0.1, 0.15) is 5.82 Å². The van der Waals surface area contributed by atoms with E-state index in [1.54, 1.807) is 0 Å². The van der Waals surface area contributed by atoms with Crippen molar-refractivity contribution in [3.8, 4) is 0 Å². The lowest BCUT2D eigenvalue weighted by Crippen LogP contribution is -2.02. The molecule has 1 heterocycles. The molecule has 0 bridgehead atoms. The average molecular weight is 317 g/mol. The summed E-state index contributed by atoms with van der Waals surface area (Å²) in [7, 11) is 0. The van der Waals surface area contributed by atoms with Crippen molar-refractivity contribution in [1.82, 2.24) is 9.97 Å². The third-order valence-corrected chi connectivity index (χ3v) is 3.79. The Kier molecular flexibility index (Phi) is 4.48. The Morgan fingerprint density at radius 2 is 1.74 bits per heavy atom. The molecule has 0 saturated heterocycles. The molecule has 0 aliphatic rings. The summed E-state index contributed by atoms with van der Waals surface area (Å²) in [5.74, 6) is 1.21. The first kappa shape index (κ1) is 13.9. The van der Waals surface area contributed by atoms with Crippen LogP contribution in [-0.2, 0) is 0 Å². The lowest BCUT2D eigenvalue weighted by atomic mass is 10.1. The van der Waals surface area contributed by atoms with Gasteiger partial charge in [-0.3, -0.25) is 0 Å². The molecule has 0 fully saturated rings. The predicted molar refractivity (Wildman–Crippen MR) is 83.9 cm³/mol. The molecule has 0 radical (unpaired) electrons. The van der Waals surface area contributed by atoms with Crippen molar-refractivity contribution in [3.05, 3.63) is 57.6 Å². The number of aryl methyl sites for hydroxylation is 1. The molecule has 0 aliphatic carbocycles. The summed E-state index contributed by atoms with van der Waals surface area (Å²) in [6.07, 6.45) is 4.09. The maximum Gasteiger partial charge on any atom is 0.131 e. The summed E-state index contributed by atoms with van der Waals surface area (Å²) in [6, 6.07) is 10.2. The van der Waals surface area contributed by atoms with Gasteiger partial charge in [-0.25, -0.2) is 9.97 Å². The minimum Gasteiger partial charge on any atom is -0.237 e. The van der Waals surface area contributed by atoms with Gasteiger partial charge in [-0.15, -0.1) is 0 Å². The molecule has 19 heavy (non-hydrogen) atoms. The van der Waals surface area contributed by atoms with Crippen LogP contribution in [0.1, 0.15) is 42.5 Å². The number of aromatic nitrogens is 2. The van der Waals surface area contributed by atoms with E-state index in [0.717, 1.165) is 27.2 Å². The molecular formula is C16H17BrN2. The highest BCUT2D eigenvalue weighted by Crippen LogP contribution is 2.22. The highest BCUT2D eigenvalue weighted by molar-refractivity contribution is 9.10. The van der Waals surface area contributed by atoms with Gasteiger partial charge < -0.3 is 0 Å². The molecule has 0 spiro atoms. The van der Waals surface area contributed by atoms with E-state index < -0.39 is 0 Å².